The maximum Gasteiger partial charge on any atom is 0.0992 e. The lowest BCUT2D eigenvalue weighted by atomic mass is 10.0. The van der Waals surface area contributed by atoms with E-state index in [2.05, 4.69) is 449 Å². The van der Waals surface area contributed by atoms with Crippen LogP contribution in [0.25, 0.3) is 66.8 Å². The van der Waals surface area contributed by atoms with Gasteiger partial charge in [0.2, 0.25) is 0 Å². The van der Waals surface area contributed by atoms with Crippen LogP contribution in [0.2, 0.25) is 0 Å². The number of nitriles is 2. The lowest BCUT2D eigenvalue weighted by Gasteiger charge is -2.27. The second-order valence-corrected chi connectivity index (χ2v) is 29.4. The van der Waals surface area contributed by atoms with Gasteiger partial charge < -0.3 is 29.4 Å². The fourth-order valence-corrected chi connectivity index (χ4v) is 15.1. The molecule has 18 rings (SSSR count). The number of rotatable bonds is 21. The first kappa shape index (κ1) is 78.6. The van der Waals surface area contributed by atoms with Crippen LogP contribution in [-0.2, 0) is 0 Å². The lowest BCUT2D eigenvalue weighted by molar-refractivity contribution is 1.20. The zero-order chi connectivity index (χ0) is 82.5. The summed E-state index contributed by atoms with van der Waals surface area (Å²) in [7, 11) is 6.17. The summed E-state index contributed by atoms with van der Waals surface area (Å²) in [4.78, 5) is 13.3. The third kappa shape index (κ3) is 19.0. The van der Waals surface area contributed by atoms with Gasteiger partial charge in [-0.25, -0.2) is 0 Å². The smallest absolute Gasteiger partial charge is 0.0992 e. The summed E-state index contributed by atoms with van der Waals surface area (Å²) in [5, 5.41) is 18.5. The van der Waals surface area contributed by atoms with Crippen LogP contribution in [0.3, 0.4) is 0 Å². The van der Waals surface area contributed by atoms with Gasteiger partial charge in [0.05, 0.1) is 23.3 Å². The molecule has 18 aromatic carbocycles. The SMILES string of the molecule is CN(c1ccc(C#N)cc1)c1ccc(N(c2ccc(-c3ccccc3)cc2)c2ccc(-c3ccccc3)cc2)cc1.CN(c1ccc(N(c2ccc(-c3ccccc3)cc2)c2ccc(-c3ccccc3)cc2)cc1)c1cccc(C#N)c1.CN(c1ccccc1)c1ccc(N(c2cccc(-c3ccccc3)c2)c2cccc(-c3ccccc3)c2)cc1. The summed E-state index contributed by atoms with van der Waals surface area (Å²) in [6.07, 6.45) is 0. The van der Waals surface area contributed by atoms with Gasteiger partial charge >= 0.3 is 0 Å². The molecule has 0 fully saturated rings. The first-order chi connectivity index (χ1) is 59.6. The fourth-order valence-electron chi connectivity index (χ4n) is 15.1. The van der Waals surface area contributed by atoms with E-state index in [-0.39, 0.29) is 0 Å². The Morgan fingerprint density at radius 3 is 0.603 bits per heavy atom. The Balaban J connectivity index is 0.000000135. The molecule has 0 spiro atoms. The number of benzene rings is 18. The van der Waals surface area contributed by atoms with Gasteiger partial charge in [0, 0.05) is 106 Å². The molecule has 0 amide bonds. The highest BCUT2D eigenvalue weighted by molar-refractivity contribution is 5.86. The Morgan fingerprint density at radius 2 is 0.322 bits per heavy atom. The lowest BCUT2D eigenvalue weighted by Crippen LogP contribution is -2.12. The Kier molecular flexibility index (Phi) is 24.7. The van der Waals surface area contributed by atoms with Crippen molar-refractivity contribution in [3.63, 3.8) is 0 Å². The van der Waals surface area contributed by atoms with Crippen LogP contribution in [0.1, 0.15) is 11.1 Å². The molecule has 121 heavy (non-hydrogen) atoms. The highest BCUT2D eigenvalue weighted by Gasteiger charge is 2.20. The van der Waals surface area contributed by atoms with Crippen LogP contribution in [0.15, 0.2) is 479 Å². The first-order valence-electron chi connectivity index (χ1n) is 40.6. The first-order valence-corrected chi connectivity index (χ1v) is 40.6. The third-order valence-corrected chi connectivity index (χ3v) is 21.7. The van der Waals surface area contributed by atoms with Crippen LogP contribution in [-0.4, -0.2) is 21.1 Å². The number of nitrogens with zero attached hydrogens (tertiary/aromatic N) is 8. The Labute approximate surface area is 711 Å². The number of hydrogen-bond donors (Lipinski definition) is 0. The van der Waals surface area contributed by atoms with E-state index in [1.165, 1.54) is 66.8 Å². The molecular formula is C113H88N8. The largest absolute Gasteiger partial charge is 0.345 e. The Bertz CT molecular complexity index is 6180. The molecule has 0 unspecified atom stereocenters. The average Bonchev–Trinajstić information content (AvgIpc) is 0.798. The van der Waals surface area contributed by atoms with Crippen LogP contribution < -0.4 is 29.4 Å². The zero-order valence-corrected chi connectivity index (χ0v) is 67.7. The summed E-state index contributed by atoms with van der Waals surface area (Å²) in [5.41, 5.74) is 31.9. The molecule has 0 saturated heterocycles. The predicted octanol–water partition coefficient (Wildman–Crippen LogP) is 30.5. The molecule has 0 aliphatic heterocycles. The monoisotopic (exact) mass is 1560 g/mol. The van der Waals surface area contributed by atoms with Crippen molar-refractivity contribution in [2.45, 2.75) is 0 Å². The molecule has 18 aromatic rings. The van der Waals surface area contributed by atoms with Crippen molar-refractivity contribution < 1.29 is 0 Å². The van der Waals surface area contributed by atoms with Gasteiger partial charge in [0.15, 0.2) is 0 Å². The van der Waals surface area contributed by atoms with Crippen molar-refractivity contribution in [2.75, 3.05) is 50.5 Å². The van der Waals surface area contributed by atoms with Crippen molar-refractivity contribution in [3.8, 4) is 78.9 Å². The second kappa shape index (κ2) is 38.0. The van der Waals surface area contributed by atoms with E-state index in [0.717, 1.165) is 85.3 Å². The van der Waals surface area contributed by atoms with Crippen molar-refractivity contribution in [1.29, 1.82) is 10.5 Å². The number of anilines is 15. The van der Waals surface area contributed by atoms with E-state index in [1.807, 2.05) is 93.0 Å². The maximum atomic E-state index is 9.32. The van der Waals surface area contributed by atoms with Crippen LogP contribution in [0, 0.1) is 22.7 Å². The zero-order valence-electron chi connectivity index (χ0n) is 67.7. The van der Waals surface area contributed by atoms with Crippen molar-refractivity contribution in [1.82, 2.24) is 0 Å². The fraction of sp³-hybridized carbons (Fsp3) is 0.0265. The van der Waals surface area contributed by atoms with Gasteiger partial charge in [0.1, 0.15) is 0 Å². The van der Waals surface area contributed by atoms with E-state index in [9.17, 15) is 5.26 Å². The van der Waals surface area contributed by atoms with E-state index in [1.54, 1.807) is 0 Å². The Hall–Kier alpha value is -16.3. The van der Waals surface area contributed by atoms with Gasteiger partial charge in [-0.2, -0.15) is 10.5 Å². The minimum Gasteiger partial charge on any atom is -0.345 e. The summed E-state index contributed by atoms with van der Waals surface area (Å²) in [6, 6.07) is 171. The molecule has 0 saturated carbocycles. The van der Waals surface area contributed by atoms with E-state index in [4.69, 9.17) is 5.26 Å². The molecule has 8 heteroatoms. The van der Waals surface area contributed by atoms with Crippen LogP contribution in [0.4, 0.5) is 85.3 Å². The maximum absolute atomic E-state index is 9.32. The molecule has 0 aliphatic rings. The van der Waals surface area contributed by atoms with Crippen molar-refractivity contribution in [3.05, 3.63) is 490 Å². The molecular weight excluding hydrogens is 1470 g/mol. The number of hydrogen-bond acceptors (Lipinski definition) is 8. The summed E-state index contributed by atoms with van der Waals surface area (Å²) >= 11 is 0. The van der Waals surface area contributed by atoms with E-state index in [0.29, 0.717) is 11.1 Å². The Morgan fingerprint density at radius 1 is 0.140 bits per heavy atom. The average molecular weight is 1560 g/mol. The van der Waals surface area contributed by atoms with E-state index >= 15 is 0 Å². The van der Waals surface area contributed by atoms with Crippen LogP contribution in [0.5, 0.6) is 0 Å². The normalized spacial score (nSPS) is 10.6. The molecule has 0 radical (unpaired) electrons. The van der Waals surface area contributed by atoms with Crippen molar-refractivity contribution >= 4 is 85.3 Å². The summed E-state index contributed by atoms with van der Waals surface area (Å²) in [6.45, 7) is 0. The number of para-hydroxylation sites is 1. The summed E-state index contributed by atoms with van der Waals surface area (Å²) in [5.74, 6) is 0. The molecule has 0 heterocycles. The second-order valence-electron chi connectivity index (χ2n) is 29.4. The minimum atomic E-state index is 0.648. The predicted molar refractivity (Wildman–Crippen MR) is 509 cm³/mol. The van der Waals surface area contributed by atoms with Gasteiger partial charge in [-0.3, -0.25) is 0 Å². The van der Waals surface area contributed by atoms with Crippen LogP contribution >= 0.6 is 0 Å². The minimum absolute atomic E-state index is 0.648. The highest BCUT2D eigenvalue weighted by Crippen LogP contribution is 2.44. The van der Waals surface area contributed by atoms with Gasteiger partial charge in [-0.1, -0.05) is 279 Å². The van der Waals surface area contributed by atoms with Gasteiger partial charge in [0.25, 0.3) is 0 Å². The molecule has 0 atom stereocenters. The third-order valence-electron chi connectivity index (χ3n) is 21.7. The standard InChI is InChI=1S/2C38H29N3.C37H30N2/c1-40(38-14-8-9-29(27-38)28-39)34-23-25-37(26-24-34)41(35-19-15-32(16-20-35)30-10-4-2-5-11-30)36-21-17-33(18-22-36)31-12-6-3-7-13-31;1-40(34-18-12-29(28-39)13-19-34)35-24-26-38(27-25-35)41(36-20-14-32(15-21-36)30-8-4-2-5-9-30)37-22-16-33(17-23-37)31-10-6-3-7-11-31;1-38(33-19-9-4-10-20-33)34-23-25-35(26-24-34)39(36-21-11-17-31(27-36)29-13-5-2-6-14-29)37-22-12-18-32(28-37)30-15-7-3-8-16-30/h2*2-27H,1H3;2-28H,1H3. The summed E-state index contributed by atoms with van der Waals surface area (Å²) < 4.78 is 0. The molecule has 0 bridgehead atoms. The topological polar surface area (TPSA) is 67.0 Å². The quantitative estimate of drug-likeness (QED) is 0.0705. The van der Waals surface area contributed by atoms with E-state index < -0.39 is 0 Å². The molecule has 8 nitrogen and oxygen atoms in total. The van der Waals surface area contributed by atoms with Gasteiger partial charge in [-0.15, -0.1) is 0 Å². The molecule has 0 aromatic heterocycles. The highest BCUT2D eigenvalue weighted by atomic mass is 15.2. The van der Waals surface area contributed by atoms with Gasteiger partial charge in [-0.05, 0) is 267 Å². The molecule has 580 valence electrons. The molecule has 0 aliphatic carbocycles. The molecule has 0 N–H and O–H groups in total. The van der Waals surface area contributed by atoms with Crippen molar-refractivity contribution in [2.24, 2.45) is 0 Å².